The lowest BCUT2D eigenvalue weighted by molar-refractivity contribution is -0.140. The maximum Gasteiger partial charge on any atom is 0.305 e. The SMILES string of the molecule is CNC(=O)CCNS(=O)(=O)CCCC(=O)OC. The molecule has 0 aromatic carbocycles. The van der Waals surface area contributed by atoms with Crippen LogP contribution < -0.4 is 10.0 Å². The van der Waals surface area contributed by atoms with Crippen molar-refractivity contribution in [1.29, 1.82) is 0 Å². The van der Waals surface area contributed by atoms with Gasteiger partial charge in [-0.15, -0.1) is 0 Å². The first-order chi connectivity index (χ1) is 7.91. The molecule has 0 aliphatic heterocycles. The van der Waals surface area contributed by atoms with Crippen molar-refractivity contribution in [3.8, 4) is 0 Å². The van der Waals surface area contributed by atoms with E-state index < -0.39 is 16.0 Å². The molecular formula is C9H18N2O5S. The van der Waals surface area contributed by atoms with Crippen LogP contribution in [0.15, 0.2) is 0 Å². The Morgan fingerprint density at radius 2 is 1.88 bits per heavy atom. The van der Waals surface area contributed by atoms with Gasteiger partial charge in [0.2, 0.25) is 15.9 Å². The highest BCUT2D eigenvalue weighted by Gasteiger charge is 2.11. The van der Waals surface area contributed by atoms with Crippen molar-refractivity contribution in [2.45, 2.75) is 19.3 Å². The lowest BCUT2D eigenvalue weighted by Gasteiger charge is -2.05. The van der Waals surface area contributed by atoms with E-state index in [4.69, 9.17) is 0 Å². The van der Waals surface area contributed by atoms with E-state index in [1.807, 2.05) is 0 Å². The number of esters is 1. The number of hydrogen-bond acceptors (Lipinski definition) is 5. The molecular weight excluding hydrogens is 248 g/mol. The van der Waals surface area contributed by atoms with E-state index in [9.17, 15) is 18.0 Å². The molecule has 0 aliphatic carbocycles. The van der Waals surface area contributed by atoms with E-state index in [2.05, 4.69) is 14.8 Å². The summed E-state index contributed by atoms with van der Waals surface area (Å²) in [4.78, 5) is 21.6. The molecule has 17 heavy (non-hydrogen) atoms. The van der Waals surface area contributed by atoms with E-state index in [1.54, 1.807) is 0 Å². The minimum absolute atomic E-state index is 0.0558. The summed E-state index contributed by atoms with van der Waals surface area (Å²) in [6, 6.07) is 0. The number of carbonyl (C=O) groups is 2. The van der Waals surface area contributed by atoms with E-state index in [1.165, 1.54) is 14.2 Å². The first-order valence-electron chi connectivity index (χ1n) is 5.16. The first kappa shape index (κ1) is 15.9. The zero-order valence-electron chi connectivity index (χ0n) is 9.99. The van der Waals surface area contributed by atoms with Crippen LogP contribution in [0.4, 0.5) is 0 Å². The molecule has 0 aromatic heterocycles. The summed E-state index contributed by atoms with van der Waals surface area (Å²) >= 11 is 0. The summed E-state index contributed by atoms with van der Waals surface area (Å²) in [5.41, 5.74) is 0. The van der Waals surface area contributed by atoms with Crippen molar-refractivity contribution in [2.75, 3.05) is 26.5 Å². The van der Waals surface area contributed by atoms with Crippen LogP contribution in [-0.2, 0) is 24.3 Å². The summed E-state index contributed by atoms with van der Waals surface area (Å²) in [7, 11) is -0.699. The van der Waals surface area contributed by atoms with E-state index in [0.29, 0.717) is 0 Å². The van der Waals surface area contributed by atoms with E-state index in [-0.39, 0.29) is 37.5 Å². The largest absolute Gasteiger partial charge is 0.469 e. The molecule has 0 fully saturated rings. The minimum atomic E-state index is -3.43. The number of carbonyl (C=O) groups excluding carboxylic acids is 2. The normalized spacial score (nSPS) is 10.9. The van der Waals surface area contributed by atoms with Crippen LogP contribution >= 0.6 is 0 Å². The quantitative estimate of drug-likeness (QED) is 0.548. The van der Waals surface area contributed by atoms with Crippen molar-refractivity contribution in [1.82, 2.24) is 10.0 Å². The second kappa shape index (κ2) is 8.02. The molecule has 0 saturated carbocycles. The smallest absolute Gasteiger partial charge is 0.305 e. The van der Waals surface area contributed by atoms with Crippen LogP contribution in [0.5, 0.6) is 0 Å². The molecule has 1 amide bonds. The molecule has 0 spiro atoms. The lowest BCUT2D eigenvalue weighted by atomic mass is 10.3. The Labute approximate surface area is 101 Å². The molecule has 0 heterocycles. The van der Waals surface area contributed by atoms with Gasteiger partial charge in [-0.1, -0.05) is 0 Å². The average molecular weight is 266 g/mol. The fourth-order valence-corrected chi connectivity index (χ4v) is 2.11. The van der Waals surface area contributed by atoms with Crippen molar-refractivity contribution >= 4 is 21.9 Å². The highest BCUT2D eigenvalue weighted by Crippen LogP contribution is 1.96. The molecule has 0 rings (SSSR count). The third-order valence-corrected chi connectivity index (χ3v) is 3.44. The molecule has 8 heteroatoms. The van der Waals surface area contributed by atoms with E-state index in [0.717, 1.165) is 0 Å². The number of sulfonamides is 1. The summed E-state index contributed by atoms with van der Waals surface area (Å²) in [6.07, 6.45) is 0.349. The van der Waals surface area contributed by atoms with Crippen LogP contribution in [-0.4, -0.2) is 46.7 Å². The Bertz CT molecular complexity index is 324. The van der Waals surface area contributed by atoms with Gasteiger partial charge in [-0.2, -0.15) is 0 Å². The van der Waals surface area contributed by atoms with Gasteiger partial charge in [0, 0.05) is 26.4 Å². The fraction of sp³-hybridized carbons (Fsp3) is 0.778. The summed E-state index contributed by atoms with van der Waals surface area (Å²) < 4.78 is 29.4. The zero-order valence-corrected chi connectivity index (χ0v) is 10.8. The molecule has 0 radical (unpaired) electrons. The Kier molecular flexibility index (Phi) is 7.47. The number of methoxy groups -OCH3 is 1. The van der Waals surface area contributed by atoms with Crippen LogP contribution in [0, 0.1) is 0 Å². The van der Waals surface area contributed by atoms with Crippen LogP contribution in [0.25, 0.3) is 0 Å². The maximum atomic E-state index is 11.4. The molecule has 2 N–H and O–H groups in total. The van der Waals surface area contributed by atoms with Gasteiger partial charge in [0.05, 0.1) is 12.9 Å². The number of nitrogens with one attached hydrogen (secondary N) is 2. The van der Waals surface area contributed by atoms with Crippen molar-refractivity contribution in [3.63, 3.8) is 0 Å². The third-order valence-electron chi connectivity index (χ3n) is 1.97. The molecule has 100 valence electrons. The predicted molar refractivity (Wildman–Crippen MR) is 61.7 cm³/mol. The molecule has 0 atom stereocenters. The van der Waals surface area contributed by atoms with Gasteiger partial charge in [0.15, 0.2) is 0 Å². The standard InChI is InChI=1S/C9H18N2O5S/c1-10-8(12)5-6-11-17(14,15)7-3-4-9(13)16-2/h11H,3-7H2,1-2H3,(H,10,12). The summed E-state index contributed by atoms with van der Waals surface area (Å²) in [6.45, 7) is 0.0558. The fourth-order valence-electron chi connectivity index (χ4n) is 1.03. The van der Waals surface area contributed by atoms with Crippen LogP contribution in [0.1, 0.15) is 19.3 Å². The first-order valence-corrected chi connectivity index (χ1v) is 6.81. The Hall–Kier alpha value is -1.15. The third kappa shape index (κ3) is 8.64. The minimum Gasteiger partial charge on any atom is -0.469 e. The second-order valence-corrected chi connectivity index (χ2v) is 5.24. The highest BCUT2D eigenvalue weighted by molar-refractivity contribution is 7.89. The van der Waals surface area contributed by atoms with Crippen molar-refractivity contribution < 1.29 is 22.7 Å². The van der Waals surface area contributed by atoms with Gasteiger partial charge in [0.25, 0.3) is 0 Å². The van der Waals surface area contributed by atoms with Gasteiger partial charge < -0.3 is 10.1 Å². The molecule has 0 aliphatic rings. The van der Waals surface area contributed by atoms with Gasteiger partial charge in [0.1, 0.15) is 0 Å². The topological polar surface area (TPSA) is 102 Å². The van der Waals surface area contributed by atoms with E-state index >= 15 is 0 Å². The van der Waals surface area contributed by atoms with Gasteiger partial charge in [-0.3, -0.25) is 9.59 Å². The van der Waals surface area contributed by atoms with Gasteiger partial charge in [-0.25, -0.2) is 13.1 Å². The van der Waals surface area contributed by atoms with Crippen LogP contribution in [0.3, 0.4) is 0 Å². The molecule has 0 aromatic rings. The monoisotopic (exact) mass is 266 g/mol. The van der Waals surface area contributed by atoms with Gasteiger partial charge in [-0.05, 0) is 6.42 Å². The second-order valence-electron chi connectivity index (χ2n) is 3.32. The Morgan fingerprint density at radius 3 is 2.41 bits per heavy atom. The number of ether oxygens (including phenoxy) is 1. The van der Waals surface area contributed by atoms with Gasteiger partial charge >= 0.3 is 5.97 Å². The molecule has 7 nitrogen and oxygen atoms in total. The average Bonchev–Trinajstić information content (AvgIpc) is 2.27. The number of amides is 1. The van der Waals surface area contributed by atoms with Crippen molar-refractivity contribution in [3.05, 3.63) is 0 Å². The highest BCUT2D eigenvalue weighted by atomic mass is 32.2. The Balaban J connectivity index is 3.81. The maximum absolute atomic E-state index is 11.4. The molecule has 0 unspecified atom stereocenters. The van der Waals surface area contributed by atoms with Crippen LogP contribution in [0.2, 0.25) is 0 Å². The predicted octanol–water partition coefficient (Wildman–Crippen LogP) is -1.00. The lowest BCUT2D eigenvalue weighted by Crippen LogP contribution is -2.31. The summed E-state index contributed by atoms with van der Waals surface area (Å²) in [5, 5.41) is 2.38. The molecule has 0 bridgehead atoms. The Morgan fingerprint density at radius 1 is 1.24 bits per heavy atom. The molecule has 0 saturated heterocycles. The zero-order chi connectivity index (χ0) is 13.3. The number of hydrogen-bond donors (Lipinski definition) is 2. The summed E-state index contributed by atoms with van der Waals surface area (Å²) in [5.74, 6) is -0.830. The number of rotatable bonds is 8. The van der Waals surface area contributed by atoms with Crippen molar-refractivity contribution in [2.24, 2.45) is 0 Å².